The van der Waals surface area contributed by atoms with E-state index in [0.717, 1.165) is 31.6 Å². The molecule has 20 heavy (non-hydrogen) atoms. The largest absolute Gasteiger partial charge is 0.313 e. The maximum atomic E-state index is 13.0. The smallest absolute Gasteiger partial charge is 0.141 e. The summed E-state index contributed by atoms with van der Waals surface area (Å²) in [4.78, 5) is 4.88. The monoisotopic (exact) mass is 299 g/mol. The van der Waals surface area contributed by atoms with Crippen LogP contribution in [0, 0.1) is 5.82 Å². The van der Waals surface area contributed by atoms with E-state index in [-0.39, 0.29) is 10.8 Å². The normalized spacial score (nSPS) is 17.6. The fourth-order valence-electron chi connectivity index (χ4n) is 2.38. The van der Waals surface area contributed by atoms with E-state index in [9.17, 15) is 4.39 Å². The van der Waals surface area contributed by atoms with Crippen molar-refractivity contribution >= 4 is 11.6 Å². The second-order valence-corrected chi connectivity index (χ2v) is 5.83. The highest BCUT2D eigenvalue weighted by Crippen LogP contribution is 2.15. The molecule has 3 nitrogen and oxygen atoms in total. The predicted molar refractivity (Wildman–Crippen MR) is 81.7 cm³/mol. The number of piperazine rings is 1. The summed E-state index contributed by atoms with van der Waals surface area (Å²) in [6, 6.07) is 4.88. The molecule has 1 heterocycles. The van der Waals surface area contributed by atoms with Crippen molar-refractivity contribution in [2.24, 2.45) is 0 Å². The van der Waals surface area contributed by atoms with Crippen molar-refractivity contribution in [2.45, 2.75) is 13.0 Å². The fraction of sp³-hybridized carbons (Fsp3) is 0.600. The van der Waals surface area contributed by atoms with Crippen LogP contribution in [0.5, 0.6) is 0 Å². The number of benzene rings is 1. The lowest BCUT2D eigenvalue weighted by Crippen LogP contribution is -2.45. The van der Waals surface area contributed by atoms with Gasteiger partial charge in [0.05, 0.1) is 5.02 Å². The highest BCUT2D eigenvalue weighted by Gasteiger charge is 2.12. The SMILES string of the molecule is CN1CCN(CCCNCc2ccc(F)c(Cl)c2)CC1. The Kier molecular flexibility index (Phi) is 6.23. The average Bonchev–Trinajstić information content (AvgIpc) is 2.44. The highest BCUT2D eigenvalue weighted by molar-refractivity contribution is 6.30. The molecule has 0 unspecified atom stereocenters. The first-order valence-electron chi connectivity index (χ1n) is 7.21. The minimum atomic E-state index is -0.356. The van der Waals surface area contributed by atoms with Crippen LogP contribution in [0.25, 0.3) is 0 Å². The molecule has 1 aromatic carbocycles. The molecule has 5 heteroatoms. The van der Waals surface area contributed by atoms with E-state index in [2.05, 4.69) is 22.2 Å². The van der Waals surface area contributed by atoms with Crippen LogP contribution in [-0.2, 0) is 6.54 Å². The van der Waals surface area contributed by atoms with Gasteiger partial charge in [0, 0.05) is 32.7 Å². The zero-order valence-electron chi connectivity index (χ0n) is 12.0. The molecule has 1 aromatic rings. The molecule has 0 spiro atoms. The van der Waals surface area contributed by atoms with E-state index in [0.29, 0.717) is 0 Å². The van der Waals surface area contributed by atoms with Crippen LogP contribution in [0.1, 0.15) is 12.0 Å². The number of hydrogen-bond donors (Lipinski definition) is 1. The Labute approximate surface area is 125 Å². The van der Waals surface area contributed by atoms with E-state index in [1.807, 2.05) is 0 Å². The minimum absolute atomic E-state index is 0.196. The maximum absolute atomic E-state index is 13.0. The van der Waals surface area contributed by atoms with Gasteiger partial charge >= 0.3 is 0 Å². The summed E-state index contributed by atoms with van der Waals surface area (Å²) >= 11 is 5.75. The third-order valence-electron chi connectivity index (χ3n) is 3.74. The average molecular weight is 300 g/mol. The first kappa shape index (κ1) is 15.7. The summed E-state index contributed by atoms with van der Waals surface area (Å²) < 4.78 is 13.0. The molecule has 1 saturated heterocycles. The Morgan fingerprint density at radius 3 is 2.70 bits per heavy atom. The summed E-state index contributed by atoms with van der Waals surface area (Å²) in [5.74, 6) is -0.356. The van der Waals surface area contributed by atoms with E-state index < -0.39 is 0 Å². The molecule has 0 saturated carbocycles. The van der Waals surface area contributed by atoms with Gasteiger partial charge in [-0.15, -0.1) is 0 Å². The molecule has 1 N–H and O–H groups in total. The second kappa shape index (κ2) is 7.93. The lowest BCUT2D eigenvalue weighted by Gasteiger charge is -2.32. The zero-order valence-corrected chi connectivity index (χ0v) is 12.8. The van der Waals surface area contributed by atoms with Crippen LogP contribution < -0.4 is 5.32 Å². The Bertz CT molecular complexity index is 420. The van der Waals surface area contributed by atoms with Gasteiger partial charge in [0.25, 0.3) is 0 Å². The molecular formula is C15H23ClFN3. The van der Waals surface area contributed by atoms with Gasteiger partial charge in [-0.3, -0.25) is 0 Å². The minimum Gasteiger partial charge on any atom is -0.313 e. The van der Waals surface area contributed by atoms with Crippen LogP contribution in [0.15, 0.2) is 18.2 Å². The maximum Gasteiger partial charge on any atom is 0.141 e. The molecule has 0 aliphatic carbocycles. The van der Waals surface area contributed by atoms with Crippen LogP contribution in [0.3, 0.4) is 0 Å². The molecular weight excluding hydrogens is 277 g/mol. The van der Waals surface area contributed by atoms with Crippen molar-refractivity contribution in [3.63, 3.8) is 0 Å². The van der Waals surface area contributed by atoms with E-state index >= 15 is 0 Å². The first-order valence-corrected chi connectivity index (χ1v) is 7.58. The number of rotatable bonds is 6. The van der Waals surface area contributed by atoms with Gasteiger partial charge in [-0.1, -0.05) is 17.7 Å². The number of likely N-dealkylation sites (N-methyl/N-ethyl adjacent to an activating group) is 1. The Hall–Kier alpha value is -0.680. The summed E-state index contributed by atoms with van der Waals surface area (Å²) in [5, 5.41) is 3.57. The Morgan fingerprint density at radius 2 is 2.00 bits per heavy atom. The summed E-state index contributed by atoms with van der Waals surface area (Å²) in [7, 11) is 2.17. The Balaban J connectivity index is 1.58. The third kappa shape index (κ3) is 5.02. The van der Waals surface area contributed by atoms with Crippen LogP contribution in [0.4, 0.5) is 4.39 Å². The van der Waals surface area contributed by atoms with Gasteiger partial charge in [0.1, 0.15) is 5.82 Å². The molecule has 1 aliphatic heterocycles. The van der Waals surface area contributed by atoms with Crippen LogP contribution in [0.2, 0.25) is 5.02 Å². The van der Waals surface area contributed by atoms with Crippen molar-refractivity contribution in [2.75, 3.05) is 46.3 Å². The summed E-state index contributed by atoms with van der Waals surface area (Å²) in [6.45, 7) is 7.53. The molecule has 0 atom stereocenters. The van der Waals surface area contributed by atoms with E-state index in [4.69, 9.17) is 11.6 Å². The topological polar surface area (TPSA) is 18.5 Å². The van der Waals surface area contributed by atoms with Crippen LogP contribution in [-0.4, -0.2) is 56.1 Å². The van der Waals surface area contributed by atoms with Gasteiger partial charge < -0.3 is 15.1 Å². The summed E-state index contributed by atoms with van der Waals surface area (Å²) in [5.41, 5.74) is 1.02. The van der Waals surface area contributed by atoms with Crippen molar-refractivity contribution < 1.29 is 4.39 Å². The van der Waals surface area contributed by atoms with Gasteiger partial charge in [0.15, 0.2) is 0 Å². The molecule has 0 radical (unpaired) electrons. The van der Waals surface area contributed by atoms with Gasteiger partial charge in [-0.05, 0) is 44.3 Å². The van der Waals surface area contributed by atoms with Gasteiger partial charge in [0.2, 0.25) is 0 Å². The van der Waals surface area contributed by atoms with Crippen LogP contribution >= 0.6 is 11.6 Å². The van der Waals surface area contributed by atoms with Crippen molar-refractivity contribution in [1.29, 1.82) is 0 Å². The van der Waals surface area contributed by atoms with E-state index in [1.54, 1.807) is 12.1 Å². The highest BCUT2D eigenvalue weighted by atomic mass is 35.5. The standard InChI is InChI=1S/C15H23ClFN3/c1-19-7-9-20(10-8-19)6-2-5-18-12-13-3-4-15(17)14(16)11-13/h3-4,11,18H,2,5-10,12H2,1H3. The third-order valence-corrected chi connectivity index (χ3v) is 4.03. The molecule has 2 rings (SSSR count). The lowest BCUT2D eigenvalue weighted by atomic mass is 10.2. The molecule has 0 amide bonds. The molecule has 0 aromatic heterocycles. The predicted octanol–water partition coefficient (Wildman–Crippen LogP) is 2.21. The quantitative estimate of drug-likeness (QED) is 0.813. The summed E-state index contributed by atoms with van der Waals surface area (Å²) in [6.07, 6.45) is 1.14. The second-order valence-electron chi connectivity index (χ2n) is 5.42. The van der Waals surface area contributed by atoms with Gasteiger partial charge in [-0.2, -0.15) is 0 Å². The number of halogens is 2. The molecule has 1 fully saturated rings. The number of nitrogens with zero attached hydrogens (tertiary/aromatic N) is 2. The molecule has 112 valence electrons. The molecule has 0 bridgehead atoms. The lowest BCUT2D eigenvalue weighted by molar-refractivity contribution is 0.153. The van der Waals surface area contributed by atoms with Crippen molar-refractivity contribution in [3.8, 4) is 0 Å². The Morgan fingerprint density at radius 1 is 1.25 bits per heavy atom. The van der Waals surface area contributed by atoms with Crippen molar-refractivity contribution in [3.05, 3.63) is 34.6 Å². The zero-order chi connectivity index (χ0) is 14.4. The van der Waals surface area contributed by atoms with Crippen molar-refractivity contribution in [1.82, 2.24) is 15.1 Å². The first-order chi connectivity index (χ1) is 9.65. The van der Waals surface area contributed by atoms with E-state index in [1.165, 1.54) is 32.2 Å². The number of hydrogen-bond acceptors (Lipinski definition) is 3. The fourth-order valence-corrected chi connectivity index (χ4v) is 2.58. The molecule has 1 aliphatic rings. The number of nitrogens with one attached hydrogen (secondary N) is 1. The van der Waals surface area contributed by atoms with Gasteiger partial charge in [-0.25, -0.2) is 4.39 Å².